The molecule has 2 aromatic carbocycles. The molecule has 9 heteroatoms. The number of hydrogen-bond acceptors (Lipinski definition) is 6. The van der Waals surface area contributed by atoms with Gasteiger partial charge in [-0.3, -0.25) is 9.59 Å². The number of methoxy groups -OCH3 is 1. The highest BCUT2D eigenvalue weighted by Gasteiger charge is 2.31. The highest BCUT2D eigenvalue weighted by Crippen LogP contribution is 2.45. The predicted octanol–water partition coefficient (Wildman–Crippen LogP) is 3.14. The minimum Gasteiger partial charge on any atom is -0.493 e. The summed E-state index contributed by atoms with van der Waals surface area (Å²) < 4.78 is 12.7. The Hall–Kier alpha value is -3.46. The van der Waals surface area contributed by atoms with Crippen molar-refractivity contribution in [1.82, 2.24) is 9.78 Å². The lowest BCUT2D eigenvalue weighted by Gasteiger charge is -2.18. The Kier molecular flexibility index (Phi) is 6.09. The highest BCUT2D eigenvalue weighted by molar-refractivity contribution is 8.00. The minimum absolute atomic E-state index is 0.0830. The van der Waals surface area contributed by atoms with Crippen LogP contribution in [0.5, 0.6) is 11.5 Å². The molecule has 8 nitrogen and oxygen atoms in total. The van der Waals surface area contributed by atoms with Crippen LogP contribution in [0.2, 0.25) is 0 Å². The standard InChI is InChI=1S/C23H24N4O4S/c1-13-4-7-16(8-5-13)27-23-21(14(2)26-27)22(32-12-20(29)25-23)15-6-9-17(18(10-15)30-3)31-11-19(24)28/h4-10,22H,11-12H2,1-3H3,(H2,24,28)(H,25,29). The fourth-order valence-electron chi connectivity index (χ4n) is 3.64. The number of nitrogens with zero attached hydrogens (tertiary/aromatic N) is 2. The van der Waals surface area contributed by atoms with Gasteiger partial charge in [0.25, 0.3) is 5.91 Å². The zero-order valence-electron chi connectivity index (χ0n) is 18.0. The van der Waals surface area contributed by atoms with Crippen molar-refractivity contribution in [1.29, 1.82) is 0 Å². The summed E-state index contributed by atoms with van der Waals surface area (Å²) in [5.74, 6) is 1.23. The molecule has 0 bridgehead atoms. The van der Waals surface area contributed by atoms with Crippen LogP contribution in [0.3, 0.4) is 0 Å². The number of primary amides is 1. The summed E-state index contributed by atoms with van der Waals surface area (Å²) in [7, 11) is 1.54. The van der Waals surface area contributed by atoms with E-state index in [1.807, 2.05) is 50.2 Å². The zero-order valence-corrected chi connectivity index (χ0v) is 18.9. The number of hydrogen-bond donors (Lipinski definition) is 2. The van der Waals surface area contributed by atoms with Crippen LogP contribution >= 0.6 is 11.8 Å². The maximum absolute atomic E-state index is 12.5. The van der Waals surface area contributed by atoms with E-state index >= 15 is 0 Å². The first-order valence-electron chi connectivity index (χ1n) is 10.0. The molecule has 1 atom stereocenters. The third-order valence-corrected chi connectivity index (χ3v) is 6.42. The SMILES string of the molecule is COc1cc(C2SCC(=O)Nc3c2c(C)nn3-c2ccc(C)cc2)ccc1OCC(N)=O. The maximum atomic E-state index is 12.5. The number of fused-ring (bicyclic) bond motifs is 1. The molecule has 32 heavy (non-hydrogen) atoms. The summed E-state index contributed by atoms with van der Waals surface area (Å²) >= 11 is 1.52. The Bertz CT molecular complexity index is 1170. The number of carbonyl (C=O) groups excluding carboxylic acids is 2. The van der Waals surface area contributed by atoms with Crippen LogP contribution in [0.15, 0.2) is 42.5 Å². The number of nitrogens with two attached hydrogens (primary N) is 1. The molecule has 0 aliphatic carbocycles. The smallest absolute Gasteiger partial charge is 0.255 e. The van der Waals surface area contributed by atoms with Gasteiger partial charge in [-0.15, -0.1) is 11.8 Å². The molecular weight excluding hydrogens is 428 g/mol. The number of anilines is 1. The van der Waals surface area contributed by atoms with E-state index in [4.69, 9.17) is 20.3 Å². The quantitative estimate of drug-likeness (QED) is 0.595. The average molecular weight is 453 g/mol. The second-order valence-electron chi connectivity index (χ2n) is 7.50. The van der Waals surface area contributed by atoms with Crippen LogP contribution in [0.25, 0.3) is 5.69 Å². The normalized spacial score (nSPS) is 15.5. The molecule has 0 saturated heterocycles. The second kappa shape index (κ2) is 8.96. The van der Waals surface area contributed by atoms with Crippen molar-refractivity contribution < 1.29 is 19.1 Å². The summed E-state index contributed by atoms with van der Waals surface area (Å²) in [6.07, 6.45) is 0. The van der Waals surface area contributed by atoms with Crippen molar-refractivity contribution in [2.75, 3.05) is 24.8 Å². The molecule has 3 N–H and O–H groups in total. The van der Waals surface area contributed by atoms with Gasteiger partial charge in [-0.2, -0.15) is 5.10 Å². The lowest BCUT2D eigenvalue weighted by atomic mass is 10.0. The molecule has 166 valence electrons. The lowest BCUT2D eigenvalue weighted by Crippen LogP contribution is -2.20. The van der Waals surface area contributed by atoms with Gasteiger partial charge in [0.15, 0.2) is 18.1 Å². The van der Waals surface area contributed by atoms with Gasteiger partial charge in [-0.05, 0) is 43.7 Å². The van der Waals surface area contributed by atoms with E-state index in [0.29, 0.717) is 23.1 Å². The molecule has 0 saturated carbocycles. The number of aromatic nitrogens is 2. The summed E-state index contributed by atoms with van der Waals surface area (Å²) in [6, 6.07) is 13.5. The van der Waals surface area contributed by atoms with Crippen molar-refractivity contribution in [3.8, 4) is 17.2 Å². The minimum atomic E-state index is -0.566. The lowest BCUT2D eigenvalue weighted by molar-refractivity contribution is -0.120. The van der Waals surface area contributed by atoms with E-state index in [1.165, 1.54) is 18.9 Å². The fraction of sp³-hybridized carbons (Fsp3) is 0.261. The van der Waals surface area contributed by atoms with E-state index in [2.05, 4.69) is 5.32 Å². The molecule has 1 aliphatic heterocycles. The molecule has 2 heterocycles. The Morgan fingerprint density at radius 2 is 1.97 bits per heavy atom. The first kappa shape index (κ1) is 21.8. The maximum Gasteiger partial charge on any atom is 0.255 e. The van der Waals surface area contributed by atoms with Crippen LogP contribution in [0.4, 0.5) is 5.82 Å². The first-order valence-corrected chi connectivity index (χ1v) is 11.1. The van der Waals surface area contributed by atoms with Crippen LogP contribution in [0.1, 0.15) is 27.6 Å². The molecule has 2 amide bonds. The highest BCUT2D eigenvalue weighted by atomic mass is 32.2. The van der Waals surface area contributed by atoms with E-state index < -0.39 is 5.91 Å². The van der Waals surface area contributed by atoms with E-state index in [0.717, 1.165) is 28.1 Å². The van der Waals surface area contributed by atoms with Crippen molar-refractivity contribution in [3.05, 3.63) is 64.8 Å². The van der Waals surface area contributed by atoms with Gasteiger partial charge < -0.3 is 20.5 Å². The summed E-state index contributed by atoms with van der Waals surface area (Å²) in [5.41, 5.74) is 9.90. The molecule has 3 aromatic rings. The predicted molar refractivity (Wildman–Crippen MR) is 124 cm³/mol. The largest absolute Gasteiger partial charge is 0.493 e. The van der Waals surface area contributed by atoms with Crippen molar-refractivity contribution in [2.45, 2.75) is 19.1 Å². The molecule has 1 unspecified atom stereocenters. The number of carbonyl (C=O) groups is 2. The number of nitrogens with one attached hydrogen (secondary N) is 1. The van der Waals surface area contributed by atoms with Gasteiger partial charge in [0, 0.05) is 5.56 Å². The molecule has 4 rings (SSSR count). The van der Waals surface area contributed by atoms with Gasteiger partial charge in [0.1, 0.15) is 5.82 Å². The average Bonchev–Trinajstić information content (AvgIpc) is 2.97. The van der Waals surface area contributed by atoms with E-state index in [9.17, 15) is 9.59 Å². The number of benzene rings is 2. The Balaban J connectivity index is 1.78. The molecule has 1 aliphatic rings. The Morgan fingerprint density at radius 3 is 2.66 bits per heavy atom. The number of amides is 2. The Labute approximate surface area is 190 Å². The van der Waals surface area contributed by atoms with Crippen molar-refractivity contribution in [2.24, 2.45) is 5.73 Å². The van der Waals surface area contributed by atoms with Crippen LogP contribution in [-0.4, -0.2) is 41.1 Å². The molecule has 0 radical (unpaired) electrons. The topological polar surface area (TPSA) is 108 Å². The number of aryl methyl sites for hydroxylation is 2. The zero-order chi connectivity index (χ0) is 22.8. The molecule has 0 spiro atoms. The number of rotatable bonds is 6. The van der Waals surface area contributed by atoms with E-state index in [1.54, 1.807) is 10.7 Å². The van der Waals surface area contributed by atoms with Crippen molar-refractivity contribution >= 4 is 29.4 Å². The van der Waals surface area contributed by atoms with Crippen LogP contribution in [0, 0.1) is 13.8 Å². The van der Waals surface area contributed by atoms with Crippen LogP contribution in [-0.2, 0) is 9.59 Å². The first-order chi connectivity index (χ1) is 15.4. The third kappa shape index (κ3) is 4.29. The van der Waals surface area contributed by atoms with Gasteiger partial charge in [0.2, 0.25) is 5.91 Å². The second-order valence-corrected chi connectivity index (χ2v) is 8.59. The summed E-state index contributed by atoms with van der Waals surface area (Å²) in [5, 5.41) is 7.61. The molecule has 0 fully saturated rings. The summed E-state index contributed by atoms with van der Waals surface area (Å²) in [4.78, 5) is 23.6. The van der Waals surface area contributed by atoms with Crippen molar-refractivity contribution in [3.63, 3.8) is 0 Å². The van der Waals surface area contributed by atoms with Gasteiger partial charge in [-0.1, -0.05) is 23.8 Å². The van der Waals surface area contributed by atoms with Gasteiger partial charge in [0.05, 0.1) is 29.5 Å². The van der Waals surface area contributed by atoms with E-state index in [-0.39, 0.29) is 17.8 Å². The monoisotopic (exact) mass is 452 g/mol. The fourth-order valence-corrected chi connectivity index (χ4v) is 4.81. The van der Waals surface area contributed by atoms with Crippen LogP contribution < -0.4 is 20.5 Å². The number of thioether (sulfide) groups is 1. The van der Waals surface area contributed by atoms with Gasteiger partial charge >= 0.3 is 0 Å². The molecular formula is C23H24N4O4S. The Morgan fingerprint density at radius 1 is 1.22 bits per heavy atom. The van der Waals surface area contributed by atoms with Gasteiger partial charge in [-0.25, -0.2) is 4.68 Å². The number of ether oxygens (including phenoxy) is 2. The third-order valence-electron chi connectivity index (χ3n) is 5.15. The summed E-state index contributed by atoms with van der Waals surface area (Å²) in [6.45, 7) is 3.73. The molecule has 1 aromatic heterocycles.